The first-order chi connectivity index (χ1) is 14.2. The molecule has 0 atom stereocenters. The number of aryl methyl sites for hydroxylation is 1. The predicted octanol–water partition coefficient (Wildman–Crippen LogP) is 5.03. The van der Waals surface area contributed by atoms with E-state index in [9.17, 15) is 4.79 Å². The molecule has 0 saturated heterocycles. The highest BCUT2D eigenvalue weighted by atomic mass is 16.1. The van der Waals surface area contributed by atoms with Gasteiger partial charge in [-0.2, -0.15) is 0 Å². The number of fused-ring (bicyclic) bond motifs is 1. The summed E-state index contributed by atoms with van der Waals surface area (Å²) in [6.45, 7) is 2.86. The molecule has 0 spiro atoms. The molecule has 2 heterocycles. The van der Waals surface area contributed by atoms with Gasteiger partial charge in [0.05, 0.1) is 11.3 Å². The third-order valence-corrected chi connectivity index (χ3v) is 5.02. The fraction of sp³-hybridized carbons (Fsp3) is 0.167. The second kappa shape index (κ2) is 8.61. The van der Waals surface area contributed by atoms with Gasteiger partial charge in [-0.1, -0.05) is 37.3 Å². The van der Waals surface area contributed by atoms with Crippen LogP contribution in [-0.4, -0.2) is 22.4 Å². The number of aromatic nitrogens is 2. The van der Waals surface area contributed by atoms with Gasteiger partial charge < -0.3 is 15.6 Å². The van der Waals surface area contributed by atoms with Gasteiger partial charge in [0.25, 0.3) is 5.91 Å². The molecule has 29 heavy (non-hydrogen) atoms. The van der Waals surface area contributed by atoms with Crippen molar-refractivity contribution < 1.29 is 4.79 Å². The van der Waals surface area contributed by atoms with Crippen LogP contribution < -0.4 is 10.6 Å². The molecule has 0 aliphatic rings. The number of nitrogens with zero attached hydrogens (tertiary/aromatic N) is 1. The highest BCUT2D eigenvalue weighted by molar-refractivity contribution is 6.04. The monoisotopic (exact) mass is 384 g/mol. The lowest BCUT2D eigenvalue weighted by atomic mass is 10.1. The van der Waals surface area contributed by atoms with Gasteiger partial charge in [0, 0.05) is 41.7 Å². The van der Waals surface area contributed by atoms with Crippen molar-refractivity contribution in [2.45, 2.75) is 19.8 Å². The Labute approximate surface area is 170 Å². The fourth-order valence-corrected chi connectivity index (χ4v) is 3.37. The smallest absolute Gasteiger partial charge is 0.257 e. The normalized spacial score (nSPS) is 10.8. The number of benzene rings is 2. The van der Waals surface area contributed by atoms with Crippen LogP contribution in [0.25, 0.3) is 10.9 Å². The average molecular weight is 384 g/mol. The first-order valence-electron chi connectivity index (χ1n) is 9.87. The van der Waals surface area contributed by atoms with Gasteiger partial charge >= 0.3 is 0 Å². The van der Waals surface area contributed by atoms with Gasteiger partial charge in [0.1, 0.15) is 0 Å². The SMILES string of the molecule is CCc1ccc(NC(=O)c2cncc(NCCc3c[nH]c4ccccc34)c2)cc1. The first kappa shape index (κ1) is 18.7. The number of carbonyl (C=O) groups is 1. The van der Waals surface area contributed by atoms with Gasteiger partial charge in [-0.05, 0) is 48.2 Å². The van der Waals surface area contributed by atoms with Crippen LogP contribution in [0.3, 0.4) is 0 Å². The van der Waals surface area contributed by atoms with Crippen LogP contribution in [0.1, 0.15) is 28.4 Å². The first-order valence-corrected chi connectivity index (χ1v) is 9.87. The molecule has 0 radical (unpaired) electrons. The Morgan fingerprint density at radius 2 is 1.86 bits per heavy atom. The summed E-state index contributed by atoms with van der Waals surface area (Å²) in [5.74, 6) is -0.165. The van der Waals surface area contributed by atoms with Crippen LogP contribution in [-0.2, 0) is 12.8 Å². The van der Waals surface area contributed by atoms with Gasteiger partial charge in [0.15, 0.2) is 0 Å². The summed E-state index contributed by atoms with van der Waals surface area (Å²) < 4.78 is 0. The highest BCUT2D eigenvalue weighted by Gasteiger charge is 2.08. The number of hydrogen-bond donors (Lipinski definition) is 3. The Kier molecular flexibility index (Phi) is 5.56. The van der Waals surface area contributed by atoms with E-state index in [1.54, 1.807) is 12.4 Å². The van der Waals surface area contributed by atoms with Crippen molar-refractivity contribution in [1.29, 1.82) is 0 Å². The van der Waals surface area contributed by atoms with E-state index in [0.29, 0.717) is 5.56 Å². The molecule has 0 unspecified atom stereocenters. The molecule has 2 aromatic carbocycles. The molecule has 5 heteroatoms. The number of pyridine rings is 1. The maximum Gasteiger partial charge on any atom is 0.257 e. The Bertz CT molecular complexity index is 1120. The lowest BCUT2D eigenvalue weighted by Gasteiger charge is -2.09. The Hall–Kier alpha value is -3.60. The molecule has 4 aromatic rings. The molecule has 0 saturated carbocycles. The minimum Gasteiger partial charge on any atom is -0.383 e. The molecule has 0 aliphatic heterocycles. The van der Waals surface area contributed by atoms with Crippen LogP contribution in [0.4, 0.5) is 11.4 Å². The Morgan fingerprint density at radius 3 is 2.69 bits per heavy atom. The quantitative estimate of drug-likeness (QED) is 0.418. The number of nitrogens with one attached hydrogen (secondary N) is 3. The molecule has 0 bridgehead atoms. The largest absolute Gasteiger partial charge is 0.383 e. The van der Waals surface area contributed by atoms with E-state index < -0.39 is 0 Å². The molecular weight excluding hydrogens is 360 g/mol. The zero-order valence-electron chi connectivity index (χ0n) is 16.4. The van der Waals surface area contributed by atoms with Crippen molar-refractivity contribution >= 4 is 28.2 Å². The van der Waals surface area contributed by atoms with E-state index in [4.69, 9.17) is 0 Å². The van der Waals surface area contributed by atoms with Gasteiger partial charge in [0.2, 0.25) is 0 Å². The molecular formula is C24H24N4O. The van der Waals surface area contributed by atoms with Gasteiger partial charge in [-0.25, -0.2) is 0 Å². The van der Waals surface area contributed by atoms with Crippen molar-refractivity contribution in [3.63, 3.8) is 0 Å². The minimum absolute atomic E-state index is 0.165. The van der Waals surface area contributed by atoms with Crippen LogP contribution in [0.5, 0.6) is 0 Å². The summed E-state index contributed by atoms with van der Waals surface area (Å²) in [6.07, 6.45) is 7.23. The fourth-order valence-electron chi connectivity index (χ4n) is 3.37. The zero-order chi connectivity index (χ0) is 20.1. The maximum atomic E-state index is 12.5. The third-order valence-electron chi connectivity index (χ3n) is 5.02. The minimum atomic E-state index is -0.165. The number of rotatable bonds is 7. The van der Waals surface area contributed by atoms with E-state index in [1.165, 1.54) is 16.5 Å². The van der Waals surface area contributed by atoms with Crippen LogP contribution in [0.2, 0.25) is 0 Å². The van der Waals surface area contributed by atoms with Gasteiger partial charge in [-0.3, -0.25) is 9.78 Å². The number of H-pyrrole nitrogens is 1. The van der Waals surface area contributed by atoms with Crippen LogP contribution >= 0.6 is 0 Å². The van der Waals surface area contributed by atoms with Crippen molar-refractivity contribution in [3.8, 4) is 0 Å². The Balaban J connectivity index is 1.37. The zero-order valence-corrected chi connectivity index (χ0v) is 16.4. The van der Waals surface area contributed by atoms with Crippen molar-refractivity contribution in [2.24, 2.45) is 0 Å². The van der Waals surface area contributed by atoms with E-state index in [0.717, 1.165) is 36.3 Å². The van der Waals surface area contributed by atoms with Crippen LogP contribution in [0.15, 0.2) is 73.2 Å². The average Bonchev–Trinajstić information content (AvgIpc) is 3.18. The predicted molar refractivity (Wildman–Crippen MR) is 119 cm³/mol. The summed E-state index contributed by atoms with van der Waals surface area (Å²) in [5.41, 5.74) is 5.80. The van der Waals surface area contributed by atoms with E-state index in [2.05, 4.69) is 51.9 Å². The summed E-state index contributed by atoms with van der Waals surface area (Å²) in [6, 6.07) is 18.0. The van der Waals surface area contributed by atoms with E-state index in [-0.39, 0.29) is 5.91 Å². The molecule has 0 fully saturated rings. The summed E-state index contributed by atoms with van der Waals surface area (Å²) >= 11 is 0. The standard InChI is InChI=1S/C24H24N4O/c1-2-17-7-9-20(10-8-17)28-24(29)19-13-21(16-25-14-19)26-12-11-18-15-27-23-6-4-3-5-22(18)23/h3-10,13-16,26-27H,2,11-12H2,1H3,(H,28,29). The number of carbonyl (C=O) groups excluding carboxylic acids is 1. The summed E-state index contributed by atoms with van der Waals surface area (Å²) in [5, 5.41) is 7.53. The number of anilines is 2. The second-order valence-electron chi connectivity index (χ2n) is 7.00. The summed E-state index contributed by atoms with van der Waals surface area (Å²) in [4.78, 5) is 20.1. The molecule has 2 aromatic heterocycles. The van der Waals surface area contributed by atoms with Crippen molar-refractivity contribution in [2.75, 3.05) is 17.2 Å². The van der Waals surface area contributed by atoms with Gasteiger partial charge in [-0.15, -0.1) is 0 Å². The van der Waals surface area contributed by atoms with Crippen molar-refractivity contribution in [1.82, 2.24) is 9.97 Å². The lowest BCUT2D eigenvalue weighted by Crippen LogP contribution is -2.13. The second-order valence-corrected chi connectivity index (χ2v) is 7.00. The molecule has 146 valence electrons. The summed E-state index contributed by atoms with van der Waals surface area (Å²) in [7, 11) is 0. The molecule has 4 rings (SSSR count). The molecule has 3 N–H and O–H groups in total. The topological polar surface area (TPSA) is 69.8 Å². The molecule has 1 amide bonds. The van der Waals surface area contributed by atoms with Crippen LogP contribution in [0, 0.1) is 0 Å². The van der Waals surface area contributed by atoms with E-state index >= 15 is 0 Å². The molecule has 0 aliphatic carbocycles. The number of amides is 1. The van der Waals surface area contributed by atoms with E-state index in [1.807, 2.05) is 36.4 Å². The molecule has 5 nitrogen and oxygen atoms in total. The van der Waals surface area contributed by atoms with Crippen molar-refractivity contribution in [3.05, 3.63) is 89.9 Å². The lowest BCUT2D eigenvalue weighted by molar-refractivity contribution is 0.102. The number of hydrogen-bond acceptors (Lipinski definition) is 3. The number of para-hydroxylation sites is 1. The highest BCUT2D eigenvalue weighted by Crippen LogP contribution is 2.18. The third kappa shape index (κ3) is 4.46. The maximum absolute atomic E-state index is 12.5. The number of aromatic amines is 1. The Morgan fingerprint density at radius 1 is 1.03 bits per heavy atom.